The molecule has 0 aromatic heterocycles. The van der Waals surface area contributed by atoms with Gasteiger partial charge >= 0.3 is 0 Å². The van der Waals surface area contributed by atoms with Crippen LogP contribution in [0.4, 0.5) is 10.5 Å². The Morgan fingerprint density at radius 1 is 1.23 bits per heavy atom. The number of hydrogen-bond acceptors (Lipinski definition) is 4. The van der Waals surface area contributed by atoms with Crippen LogP contribution < -0.4 is 10.3 Å². The second-order valence-electron chi connectivity index (χ2n) is 8.00. The minimum Gasteiger partial charge on any atom is -0.326 e. The van der Waals surface area contributed by atoms with Gasteiger partial charge in [-0.2, -0.15) is 5.10 Å². The summed E-state index contributed by atoms with van der Waals surface area (Å²) >= 11 is 13.7. The smallest absolute Gasteiger partial charge is 0.300 e. The standard InChI is InChI=1S/C23H24Cl2N4OS/c1-4-26-21(16-7-9-17(24)18(25)13-16)29-11-5-6-14-12-15(8-10-19(14)29)20-23(2,3)31-22(30)28-27-20/h7-10,12-13H,4-6,11H2,1-3H3,(H,28,30)/b26-21-. The molecule has 0 saturated heterocycles. The van der Waals surface area contributed by atoms with Gasteiger partial charge in [-0.05, 0) is 75.1 Å². The Balaban J connectivity index is 1.73. The van der Waals surface area contributed by atoms with E-state index < -0.39 is 0 Å². The molecule has 4 rings (SSSR count). The molecule has 5 nitrogen and oxygen atoms in total. The number of rotatable bonds is 3. The van der Waals surface area contributed by atoms with Gasteiger partial charge in [0.2, 0.25) is 0 Å². The predicted octanol–water partition coefficient (Wildman–Crippen LogP) is 6.15. The first-order valence-corrected chi connectivity index (χ1v) is 11.8. The quantitative estimate of drug-likeness (QED) is 0.428. The minimum atomic E-state index is -0.389. The van der Waals surface area contributed by atoms with E-state index in [-0.39, 0.29) is 9.99 Å². The van der Waals surface area contributed by atoms with Gasteiger partial charge in [0.15, 0.2) is 0 Å². The van der Waals surface area contributed by atoms with Crippen LogP contribution in [0.15, 0.2) is 46.5 Å². The molecular weight excluding hydrogens is 451 g/mol. The SMILES string of the molecule is CC/N=C(/c1ccc(Cl)c(Cl)c1)N1CCCc2cc(C3=NNC(=O)SC3(C)C)ccc21. The van der Waals surface area contributed by atoms with Gasteiger partial charge in [0.1, 0.15) is 5.84 Å². The molecule has 31 heavy (non-hydrogen) atoms. The molecule has 0 radical (unpaired) electrons. The molecule has 0 fully saturated rings. The van der Waals surface area contributed by atoms with Crippen molar-refractivity contribution in [3.63, 3.8) is 0 Å². The van der Waals surface area contributed by atoms with Gasteiger partial charge in [-0.25, -0.2) is 5.43 Å². The lowest BCUT2D eigenvalue weighted by atomic mass is 9.93. The van der Waals surface area contributed by atoms with Crippen molar-refractivity contribution < 1.29 is 4.79 Å². The van der Waals surface area contributed by atoms with Crippen LogP contribution in [0.1, 0.15) is 43.9 Å². The number of benzene rings is 2. The van der Waals surface area contributed by atoms with Crippen molar-refractivity contribution in [2.45, 2.75) is 38.4 Å². The lowest BCUT2D eigenvalue weighted by Gasteiger charge is -2.34. The number of fused-ring (bicyclic) bond motifs is 1. The van der Waals surface area contributed by atoms with Gasteiger partial charge in [-0.3, -0.25) is 9.79 Å². The van der Waals surface area contributed by atoms with E-state index in [9.17, 15) is 4.79 Å². The van der Waals surface area contributed by atoms with Crippen LogP contribution in [-0.2, 0) is 6.42 Å². The van der Waals surface area contributed by atoms with Crippen molar-refractivity contribution in [1.82, 2.24) is 5.43 Å². The Hall–Kier alpha value is -2.02. The summed E-state index contributed by atoms with van der Waals surface area (Å²) in [5.74, 6) is 0.896. The van der Waals surface area contributed by atoms with E-state index >= 15 is 0 Å². The average molecular weight is 475 g/mol. The van der Waals surface area contributed by atoms with E-state index in [4.69, 9.17) is 28.2 Å². The molecule has 2 heterocycles. The largest absolute Gasteiger partial charge is 0.326 e. The Labute approximate surface area is 196 Å². The molecule has 1 N–H and O–H groups in total. The third kappa shape index (κ3) is 4.47. The number of carbonyl (C=O) groups is 1. The van der Waals surface area contributed by atoms with Gasteiger partial charge in [0, 0.05) is 24.3 Å². The fourth-order valence-electron chi connectivity index (χ4n) is 4.03. The number of anilines is 1. The van der Waals surface area contributed by atoms with Gasteiger partial charge in [0.05, 0.1) is 20.5 Å². The predicted molar refractivity (Wildman–Crippen MR) is 132 cm³/mol. The maximum absolute atomic E-state index is 11.8. The van der Waals surface area contributed by atoms with E-state index in [2.05, 4.69) is 33.6 Å². The van der Waals surface area contributed by atoms with E-state index in [0.29, 0.717) is 16.6 Å². The number of hydrazone groups is 1. The van der Waals surface area contributed by atoms with E-state index in [1.807, 2.05) is 39.0 Å². The molecule has 8 heteroatoms. The Kier molecular flexibility index (Phi) is 6.33. The lowest BCUT2D eigenvalue weighted by Crippen LogP contribution is -2.39. The zero-order valence-electron chi connectivity index (χ0n) is 17.7. The van der Waals surface area contributed by atoms with Crippen molar-refractivity contribution in [2.24, 2.45) is 10.1 Å². The van der Waals surface area contributed by atoms with Gasteiger partial charge in [-0.1, -0.05) is 41.0 Å². The molecule has 2 aliphatic heterocycles. The molecule has 162 valence electrons. The highest BCUT2D eigenvalue weighted by Crippen LogP contribution is 2.36. The maximum Gasteiger partial charge on any atom is 0.300 e. The van der Waals surface area contributed by atoms with Crippen molar-refractivity contribution in [2.75, 3.05) is 18.0 Å². The fraction of sp³-hybridized carbons (Fsp3) is 0.348. The van der Waals surface area contributed by atoms with E-state index in [1.54, 1.807) is 0 Å². The van der Waals surface area contributed by atoms with Crippen LogP contribution in [0.2, 0.25) is 10.0 Å². The summed E-state index contributed by atoms with van der Waals surface area (Å²) in [6.45, 7) is 7.63. The molecular formula is C23H24Cl2N4OS. The first-order valence-electron chi connectivity index (χ1n) is 10.3. The highest BCUT2D eigenvalue weighted by molar-refractivity contribution is 8.15. The summed E-state index contributed by atoms with van der Waals surface area (Å²) in [7, 11) is 0. The van der Waals surface area contributed by atoms with Crippen molar-refractivity contribution in [1.29, 1.82) is 0 Å². The fourth-order valence-corrected chi connectivity index (χ4v) is 5.15. The summed E-state index contributed by atoms with van der Waals surface area (Å²) < 4.78 is -0.389. The second kappa shape index (κ2) is 8.85. The molecule has 0 unspecified atom stereocenters. The zero-order valence-corrected chi connectivity index (χ0v) is 20.0. The number of aryl methyl sites for hydroxylation is 1. The first kappa shape index (κ1) is 22.2. The third-order valence-corrected chi connectivity index (χ3v) is 7.11. The summed E-state index contributed by atoms with van der Waals surface area (Å²) in [5.41, 5.74) is 7.84. The first-order chi connectivity index (χ1) is 14.8. The van der Waals surface area contributed by atoms with Gasteiger partial charge < -0.3 is 4.90 Å². The lowest BCUT2D eigenvalue weighted by molar-refractivity contribution is 0.260. The Morgan fingerprint density at radius 3 is 2.74 bits per heavy atom. The summed E-state index contributed by atoms with van der Waals surface area (Å²) in [4.78, 5) is 18.8. The molecule has 2 aromatic rings. The van der Waals surface area contributed by atoms with Crippen LogP contribution >= 0.6 is 35.0 Å². The Morgan fingerprint density at radius 2 is 2.03 bits per heavy atom. The number of amidine groups is 1. The number of aliphatic imine (C=N–C) groups is 1. The number of nitrogens with one attached hydrogen (secondary N) is 1. The van der Waals surface area contributed by atoms with Crippen molar-refractivity contribution in [3.05, 3.63) is 63.1 Å². The zero-order chi connectivity index (χ0) is 22.2. The molecule has 2 aromatic carbocycles. The van der Waals surface area contributed by atoms with Crippen LogP contribution in [-0.4, -0.2) is 34.6 Å². The number of hydrogen-bond donors (Lipinski definition) is 1. The highest BCUT2D eigenvalue weighted by atomic mass is 35.5. The van der Waals surface area contributed by atoms with Gasteiger partial charge in [-0.15, -0.1) is 0 Å². The normalized spacial score (nSPS) is 18.4. The van der Waals surface area contributed by atoms with Gasteiger partial charge in [0.25, 0.3) is 5.24 Å². The average Bonchev–Trinajstić information content (AvgIpc) is 2.73. The Bertz CT molecular complexity index is 1100. The van der Waals surface area contributed by atoms with Crippen LogP contribution in [0, 0.1) is 0 Å². The maximum atomic E-state index is 11.8. The summed E-state index contributed by atoms with van der Waals surface area (Å²) in [5, 5.41) is 5.29. The monoisotopic (exact) mass is 474 g/mol. The van der Waals surface area contributed by atoms with Crippen molar-refractivity contribution in [3.8, 4) is 0 Å². The van der Waals surface area contributed by atoms with E-state index in [1.165, 1.54) is 17.3 Å². The minimum absolute atomic E-state index is 0.125. The second-order valence-corrected chi connectivity index (χ2v) is 10.4. The molecule has 0 bridgehead atoms. The number of carbonyl (C=O) groups excluding carboxylic acids is 1. The van der Waals surface area contributed by atoms with Crippen molar-refractivity contribution >= 4 is 57.4 Å². The highest BCUT2D eigenvalue weighted by Gasteiger charge is 2.34. The topological polar surface area (TPSA) is 57.1 Å². The van der Waals surface area contributed by atoms with Crippen LogP contribution in [0.25, 0.3) is 0 Å². The molecule has 0 aliphatic carbocycles. The number of thioether (sulfide) groups is 1. The molecule has 1 amide bonds. The number of halogens is 2. The summed E-state index contributed by atoms with van der Waals surface area (Å²) in [6, 6.07) is 12.1. The number of amides is 1. The summed E-state index contributed by atoms with van der Waals surface area (Å²) in [6.07, 6.45) is 2.00. The molecule has 0 saturated carbocycles. The molecule has 2 aliphatic rings. The molecule has 0 atom stereocenters. The van der Waals surface area contributed by atoms with Crippen LogP contribution in [0.5, 0.6) is 0 Å². The van der Waals surface area contributed by atoms with Crippen LogP contribution in [0.3, 0.4) is 0 Å². The number of nitrogens with zero attached hydrogens (tertiary/aromatic N) is 3. The molecule has 0 spiro atoms. The van der Waals surface area contributed by atoms with E-state index in [0.717, 1.165) is 47.7 Å². The third-order valence-electron chi connectivity index (χ3n) is 5.39.